The summed E-state index contributed by atoms with van der Waals surface area (Å²) in [6, 6.07) is -1.13. The Balaban J connectivity index is 2.24. The molecule has 2 aliphatic rings. The molecule has 98 valence electrons. The molecular formula is C11H19NO4S. The lowest BCUT2D eigenvalue weighted by Crippen LogP contribution is -2.62. The molecule has 1 saturated heterocycles. The molecule has 2 N–H and O–H groups in total. The number of carboxylic acids is 1. The highest BCUT2D eigenvalue weighted by atomic mass is 32.2. The van der Waals surface area contributed by atoms with Gasteiger partial charge in [0.25, 0.3) is 0 Å². The Bertz CT molecular complexity index is 429. The van der Waals surface area contributed by atoms with Gasteiger partial charge in [-0.2, -0.15) is 0 Å². The predicted octanol–water partition coefficient (Wildman–Crippen LogP) is 0.405. The summed E-state index contributed by atoms with van der Waals surface area (Å²) >= 11 is 0. The van der Waals surface area contributed by atoms with Gasteiger partial charge in [-0.3, -0.25) is 10.1 Å². The molecule has 5 nitrogen and oxygen atoms in total. The second kappa shape index (κ2) is 3.95. The van der Waals surface area contributed by atoms with Crippen LogP contribution in [0.5, 0.6) is 0 Å². The molecule has 1 heterocycles. The van der Waals surface area contributed by atoms with E-state index in [4.69, 9.17) is 5.11 Å². The largest absolute Gasteiger partial charge is 0.480 e. The number of aliphatic carboxylic acids is 1. The average molecular weight is 261 g/mol. The van der Waals surface area contributed by atoms with E-state index in [9.17, 15) is 13.2 Å². The Labute approximate surface area is 102 Å². The lowest BCUT2D eigenvalue weighted by molar-refractivity contribution is -0.139. The first-order chi connectivity index (χ1) is 7.71. The molecule has 0 spiro atoms. The molecule has 0 radical (unpaired) electrons. The van der Waals surface area contributed by atoms with Gasteiger partial charge < -0.3 is 5.11 Å². The van der Waals surface area contributed by atoms with Crippen molar-refractivity contribution in [3.8, 4) is 0 Å². The van der Waals surface area contributed by atoms with E-state index in [1.807, 2.05) is 0 Å². The van der Waals surface area contributed by atoms with Crippen molar-refractivity contribution in [2.24, 2.45) is 5.41 Å². The highest BCUT2D eigenvalue weighted by Gasteiger charge is 2.48. The minimum absolute atomic E-state index is 0.0337. The number of rotatable bonds is 1. The minimum atomic E-state index is -3.29. The summed E-state index contributed by atoms with van der Waals surface area (Å²) in [6.45, 7) is 4.14. The second-order valence-electron chi connectivity index (χ2n) is 5.94. The van der Waals surface area contributed by atoms with Crippen LogP contribution in [-0.4, -0.2) is 42.6 Å². The third-order valence-electron chi connectivity index (χ3n) is 3.91. The van der Waals surface area contributed by atoms with Crippen molar-refractivity contribution in [1.29, 1.82) is 0 Å². The molecular weight excluding hydrogens is 242 g/mol. The zero-order chi connectivity index (χ0) is 12.8. The molecule has 6 heteroatoms. The van der Waals surface area contributed by atoms with Crippen LogP contribution in [0.2, 0.25) is 0 Å². The predicted molar refractivity (Wildman–Crippen MR) is 63.6 cm³/mol. The number of carbonyl (C=O) groups is 1. The lowest BCUT2D eigenvalue weighted by atomic mass is 9.75. The Morgan fingerprint density at radius 1 is 1.41 bits per heavy atom. The topological polar surface area (TPSA) is 83.5 Å². The number of fused-ring (bicyclic) bond motifs is 1. The van der Waals surface area contributed by atoms with Gasteiger partial charge in [-0.15, -0.1) is 0 Å². The van der Waals surface area contributed by atoms with Gasteiger partial charge in [-0.25, -0.2) is 8.42 Å². The molecule has 1 saturated carbocycles. The van der Waals surface area contributed by atoms with Gasteiger partial charge >= 0.3 is 5.97 Å². The van der Waals surface area contributed by atoms with E-state index in [1.165, 1.54) is 0 Å². The first-order valence-corrected chi connectivity index (χ1v) is 7.63. The van der Waals surface area contributed by atoms with Gasteiger partial charge in [-0.1, -0.05) is 13.8 Å². The summed E-state index contributed by atoms with van der Waals surface area (Å²) in [5.74, 6) is -1.35. The van der Waals surface area contributed by atoms with Crippen molar-refractivity contribution in [2.75, 3.05) is 5.75 Å². The SMILES string of the molecule is CC1(C)CCC2NC(C(=O)O)CS(=O)(=O)C2C1. The summed E-state index contributed by atoms with van der Waals surface area (Å²) < 4.78 is 24.2. The minimum Gasteiger partial charge on any atom is -0.480 e. The van der Waals surface area contributed by atoms with Crippen LogP contribution in [0.3, 0.4) is 0 Å². The van der Waals surface area contributed by atoms with Gasteiger partial charge in [0.1, 0.15) is 6.04 Å². The van der Waals surface area contributed by atoms with Crippen LogP contribution in [-0.2, 0) is 14.6 Å². The Hall–Kier alpha value is -0.620. The molecule has 17 heavy (non-hydrogen) atoms. The van der Waals surface area contributed by atoms with E-state index < -0.39 is 27.1 Å². The number of hydrogen-bond acceptors (Lipinski definition) is 4. The van der Waals surface area contributed by atoms with Crippen LogP contribution >= 0.6 is 0 Å². The molecule has 3 atom stereocenters. The summed E-state index contributed by atoms with van der Waals surface area (Å²) in [5.41, 5.74) is 0.0337. The Morgan fingerprint density at radius 3 is 2.65 bits per heavy atom. The number of nitrogens with one attached hydrogen (secondary N) is 1. The van der Waals surface area contributed by atoms with E-state index in [0.717, 1.165) is 12.8 Å². The van der Waals surface area contributed by atoms with Crippen molar-refractivity contribution in [2.45, 2.75) is 50.4 Å². The smallest absolute Gasteiger partial charge is 0.321 e. The van der Waals surface area contributed by atoms with Crippen molar-refractivity contribution in [1.82, 2.24) is 5.32 Å². The molecule has 3 unspecified atom stereocenters. The lowest BCUT2D eigenvalue weighted by Gasteiger charge is -2.44. The fourth-order valence-corrected chi connectivity index (χ4v) is 5.26. The van der Waals surface area contributed by atoms with E-state index in [-0.39, 0.29) is 17.2 Å². The van der Waals surface area contributed by atoms with Crippen LogP contribution in [0.25, 0.3) is 0 Å². The molecule has 1 aliphatic heterocycles. The molecule has 0 amide bonds. The van der Waals surface area contributed by atoms with Crippen molar-refractivity contribution < 1.29 is 18.3 Å². The molecule has 1 aliphatic carbocycles. The fourth-order valence-electron chi connectivity index (χ4n) is 2.89. The van der Waals surface area contributed by atoms with Crippen LogP contribution in [0.15, 0.2) is 0 Å². The highest BCUT2D eigenvalue weighted by molar-refractivity contribution is 7.92. The zero-order valence-electron chi connectivity index (χ0n) is 10.1. The third kappa shape index (κ3) is 2.47. The number of hydrogen-bond donors (Lipinski definition) is 2. The third-order valence-corrected chi connectivity index (χ3v) is 6.12. The van der Waals surface area contributed by atoms with Crippen molar-refractivity contribution in [3.63, 3.8) is 0 Å². The maximum absolute atomic E-state index is 12.1. The van der Waals surface area contributed by atoms with E-state index >= 15 is 0 Å². The number of carboxylic acid groups (broad SMARTS) is 1. The molecule has 0 aromatic rings. The fraction of sp³-hybridized carbons (Fsp3) is 0.909. The van der Waals surface area contributed by atoms with Crippen molar-refractivity contribution >= 4 is 15.8 Å². The first kappa shape index (κ1) is 12.8. The molecule has 0 bridgehead atoms. The second-order valence-corrected chi connectivity index (χ2v) is 8.20. The maximum atomic E-state index is 12.1. The number of sulfone groups is 1. The quantitative estimate of drug-likeness (QED) is 0.714. The maximum Gasteiger partial charge on any atom is 0.321 e. The van der Waals surface area contributed by atoms with E-state index in [1.54, 1.807) is 0 Å². The first-order valence-electron chi connectivity index (χ1n) is 5.92. The van der Waals surface area contributed by atoms with Crippen LogP contribution in [0.1, 0.15) is 33.1 Å². The van der Waals surface area contributed by atoms with Gasteiger partial charge in [0, 0.05) is 6.04 Å². The van der Waals surface area contributed by atoms with Gasteiger partial charge in [-0.05, 0) is 24.7 Å². The van der Waals surface area contributed by atoms with Gasteiger partial charge in [0.15, 0.2) is 9.84 Å². The summed E-state index contributed by atoms with van der Waals surface area (Å²) in [7, 11) is -3.29. The zero-order valence-corrected chi connectivity index (χ0v) is 11.0. The normalized spacial score (nSPS) is 39.3. The van der Waals surface area contributed by atoms with Crippen LogP contribution < -0.4 is 5.32 Å². The molecule has 0 aromatic heterocycles. The van der Waals surface area contributed by atoms with Gasteiger partial charge in [0.05, 0.1) is 11.0 Å². The van der Waals surface area contributed by atoms with E-state index in [0.29, 0.717) is 6.42 Å². The van der Waals surface area contributed by atoms with Crippen LogP contribution in [0.4, 0.5) is 0 Å². The van der Waals surface area contributed by atoms with E-state index in [2.05, 4.69) is 19.2 Å². The van der Waals surface area contributed by atoms with Gasteiger partial charge in [0.2, 0.25) is 0 Å². The van der Waals surface area contributed by atoms with Crippen LogP contribution in [0, 0.1) is 5.41 Å². The average Bonchev–Trinajstić information content (AvgIpc) is 2.17. The standard InChI is InChI=1S/C11H19NO4S/c1-11(2)4-3-7-9(5-11)17(15,16)6-8(12-7)10(13)14/h7-9,12H,3-6H2,1-2H3,(H,13,14). The highest BCUT2D eigenvalue weighted by Crippen LogP contribution is 2.40. The monoisotopic (exact) mass is 261 g/mol. The summed E-state index contributed by atoms with van der Waals surface area (Å²) in [4.78, 5) is 10.9. The summed E-state index contributed by atoms with van der Waals surface area (Å²) in [5, 5.41) is 11.5. The Morgan fingerprint density at radius 2 is 2.06 bits per heavy atom. The summed E-state index contributed by atoms with van der Waals surface area (Å²) in [6.07, 6.45) is 2.29. The molecule has 2 rings (SSSR count). The van der Waals surface area contributed by atoms with Crippen molar-refractivity contribution in [3.05, 3.63) is 0 Å². The Kier molecular flexibility index (Phi) is 2.98. The molecule has 2 fully saturated rings. The molecule has 0 aromatic carbocycles.